The zero-order valence-corrected chi connectivity index (χ0v) is 17.0. The molecule has 1 aromatic carbocycles. The number of carbonyl (C=O) groups excluding carboxylic acids is 2. The SMILES string of the molecule is CCn1cnnc1CN(C)C(=O)C[C@@H]1C(=O)NCCN1C1Cc2ccccc2C1. The molecule has 0 spiro atoms. The van der Waals surface area contributed by atoms with Gasteiger partial charge in [0.05, 0.1) is 19.0 Å². The fraction of sp³-hybridized carbons (Fsp3) is 0.524. The second-order valence-corrected chi connectivity index (χ2v) is 7.86. The van der Waals surface area contributed by atoms with Crippen molar-refractivity contribution in [1.82, 2.24) is 29.9 Å². The summed E-state index contributed by atoms with van der Waals surface area (Å²) in [6, 6.07) is 8.30. The molecule has 8 heteroatoms. The van der Waals surface area contributed by atoms with Gasteiger partial charge < -0.3 is 14.8 Å². The van der Waals surface area contributed by atoms with Gasteiger partial charge in [-0.25, -0.2) is 0 Å². The molecule has 1 aliphatic heterocycles. The molecule has 1 aromatic heterocycles. The monoisotopic (exact) mass is 396 g/mol. The third-order valence-corrected chi connectivity index (χ3v) is 6.08. The van der Waals surface area contributed by atoms with Crippen molar-refractivity contribution >= 4 is 11.8 Å². The number of fused-ring (bicyclic) bond motifs is 1. The first-order chi connectivity index (χ1) is 14.1. The zero-order valence-electron chi connectivity index (χ0n) is 17.0. The number of hydrogen-bond donors (Lipinski definition) is 1. The van der Waals surface area contributed by atoms with Crippen LogP contribution in [0.1, 0.15) is 30.3 Å². The quantitative estimate of drug-likeness (QED) is 0.774. The lowest BCUT2D eigenvalue weighted by Crippen LogP contribution is -2.59. The zero-order chi connectivity index (χ0) is 20.4. The van der Waals surface area contributed by atoms with E-state index in [0.717, 1.165) is 31.8 Å². The molecule has 4 rings (SSSR count). The number of carbonyl (C=O) groups is 2. The number of aromatic nitrogens is 3. The summed E-state index contributed by atoms with van der Waals surface area (Å²) in [5.74, 6) is 0.642. The smallest absolute Gasteiger partial charge is 0.237 e. The van der Waals surface area contributed by atoms with Gasteiger partial charge in [-0.3, -0.25) is 14.5 Å². The van der Waals surface area contributed by atoms with E-state index >= 15 is 0 Å². The maximum absolute atomic E-state index is 12.9. The van der Waals surface area contributed by atoms with Crippen molar-refractivity contribution in [3.05, 3.63) is 47.5 Å². The summed E-state index contributed by atoms with van der Waals surface area (Å²) in [5.41, 5.74) is 2.70. The van der Waals surface area contributed by atoms with Gasteiger partial charge in [-0.1, -0.05) is 24.3 Å². The van der Waals surface area contributed by atoms with E-state index in [1.807, 2.05) is 11.5 Å². The molecule has 0 radical (unpaired) electrons. The Hall–Kier alpha value is -2.74. The average molecular weight is 396 g/mol. The Morgan fingerprint density at radius 3 is 2.69 bits per heavy atom. The fourth-order valence-corrected chi connectivity index (χ4v) is 4.44. The third-order valence-electron chi connectivity index (χ3n) is 6.08. The van der Waals surface area contributed by atoms with Gasteiger partial charge in [0.25, 0.3) is 0 Å². The average Bonchev–Trinajstić information content (AvgIpc) is 3.35. The number of hydrogen-bond acceptors (Lipinski definition) is 5. The first-order valence-electron chi connectivity index (χ1n) is 10.3. The molecule has 2 aromatic rings. The van der Waals surface area contributed by atoms with Gasteiger partial charge in [0, 0.05) is 32.7 Å². The van der Waals surface area contributed by atoms with E-state index in [1.54, 1.807) is 18.3 Å². The summed E-state index contributed by atoms with van der Waals surface area (Å²) in [5, 5.41) is 11.0. The molecule has 1 saturated heterocycles. The van der Waals surface area contributed by atoms with Gasteiger partial charge in [0.15, 0.2) is 5.82 Å². The van der Waals surface area contributed by atoms with Crippen LogP contribution < -0.4 is 5.32 Å². The number of piperazine rings is 1. The number of benzene rings is 1. The molecule has 1 N–H and O–H groups in total. The van der Waals surface area contributed by atoms with Gasteiger partial charge in [-0.05, 0) is 30.9 Å². The highest BCUT2D eigenvalue weighted by atomic mass is 16.2. The number of nitrogens with zero attached hydrogens (tertiary/aromatic N) is 5. The Labute approximate surface area is 170 Å². The molecule has 2 aliphatic rings. The Kier molecular flexibility index (Phi) is 5.62. The molecule has 29 heavy (non-hydrogen) atoms. The van der Waals surface area contributed by atoms with Crippen LogP contribution in [0.2, 0.25) is 0 Å². The van der Waals surface area contributed by atoms with Gasteiger partial charge in [0.1, 0.15) is 6.33 Å². The molecule has 0 unspecified atom stereocenters. The molecule has 154 valence electrons. The minimum Gasteiger partial charge on any atom is -0.353 e. The minimum atomic E-state index is -0.429. The van der Waals surface area contributed by atoms with Crippen molar-refractivity contribution < 1.29 is 9.59 Å². The van der Waals surface area contributed by atoms with Crippen LogP contribution in [0.3, 0.4) is 0 Å². The summed E-state index contributed by atoms with van der Waals surface area (Å²) < 4.78 is 1.92. The largest absolute Gasteiger partial charge is 0.353 e. The van der Waals surface area contributed by atoms with Crippen molar-refractivity contribution in [3.8, 4) is 0 Å². The predicted octanol–water partition coefficient (Wildman–Crippen LogP) is 0.614. The molecule has 0 bridgehead atoms. The van der Waals surface area contributed by atoms with Crippen LogP contribution >= 0.6 is 0 Å². The van der Waals surface area contributed by atoms with Crippen LogP contribution in [0.5, 0.6) is 0 Å². The molecule has 1 aliphatic carbocycles. The number of nitrogens with one attached hydrogen (secondary N) is 1. The summed E-state index contributed by atoms with van der Waals surface area (Å²) in [4.78, 5) is 29.5. The summed E-state index contributed by atoms with van der Waals surface area (Å²) in [6.07, 6.45) is 3.71. The van der Waals surface area contributed by atoms with E-state index in [4.69, 9.17) is 0 Å². The number of aryl methyl sites for hydroxylation is 1. The molecule has 0 saturated carbocycles. The molecular formula is C21H28N6O2. The number of rotatable bonds is 6. The molecule has 1 fully saturated rings. The second kappa shape index (κ2) is 8.32. The molecular weight excluding hydrogens is 368 g/mol. The third kappa shape index (κ3) is 4.03. The van der Waals surface area contributed by atoms with E-state index in [0.29, 0.717) is 13.1 Å². The first kappa shape index (κ1) is 19.6. The maximum Gasteiger partial charge on any atom is 0.237 e. The van der Waals surface area contributed by atoms with Crippen LogP contribution in [0.15, 0.2) is 30.6 Å². The summed E-state index contributed by atoms with van der Waals surface area (Å²) >= 11 is 0. The maximum atomic E-state index is 12.9. The standard InChI is InChI=1S/C21H28N6O2/c1-3-26-14-23-24-19(26)13-25(2)20(28)12-18-21(29)22-8-9-27(18)17-10-15-6-4-5-7-16(15)11-17/h4-7,14,17-18H,3,8-13H2,1-2H3,(H,22,29)/t18-/m1/s1. The minimum absolute atomic E-state index is 0.0503. The summed E-state index contributed by atoms with van der Waals surface area (Å²) in [7, 11) is 1.76. The van der Waals surface area contributed by atoms with Crippen molar-refractivity contribution in [2.24, 2.45) is 0 Å². The van der Waals surface area contributed by atoms with E-state index in [-0.39, 0.29) is 24.3 Å². The van der Waals surface area contributed by atoms with Gasteiger partial charge in [-0.15, -0.1) is 10.2 Å². The van der Waals surface area contributed by atoms with Crippen molar-refractivity contribution in [3.63, 3.8) is 0 Å². The topological polar surface area (TPSA) is 83.4 Å². The Bertz CT molecular complexity index is 870. The first-order valence-corrected chi connectivity index (χ1v) is 10.3. The van der Waals surface area contributed by atoms with Gasteiger partial charge in [-0.2, -0.15) is 0 Å². The fourth-order valence-electron chi connectivity index (χ4n) is 4.44. The highest BCUT2D eigenvalue weighted by molar-refractivity contribution is 5.88. The van der Waals surface area contributed by atoms with Crippen LogP contribution in [0.4, 0.5) is 0 Å². The molecule has 2 heterocycles. The van der Waals surface area contributed by atoms with Crippen LogP contribution in [0.25, 0.3) is 0 Å². The van der Waals surface area contributed by atoms with E-state index in [2.05, 4.69) is 44.7 Å². The van der Waals surface area contributed by atoms with Crippen LogP contribution in [0, 0.1) is 0 Å². The van der Waals surface area contributed by atoms with Gasteiger partial charge >= 0.3 is 0 Å². The number of amides is 2. The lowest BCUT2D eigenvalue weighted by molar-refractivity contribution is -0.139. The lowest BCUT2D eigenvalue weighted by atomic mass is 10.0. The Balaban J connectivity index is 1.43. The normalized spacial score (nSPS) is 19.8. The van der Waals surface area contributed by atoms with Crippen molar-refractivity contribution in [2.75, 3.05) is 20.1 Å². The molecule has 2 amide bonds. The Morgan fingerprint density at radius 1 is 1.28 bits per heavy atom. The highest BCUT2D eigenvalue weighted by Crippen LogP contribution is 2.28. The molecule has 1 atom stereocenters. The lowest BCUT2D eigenvalue weighted by Gasteiger charge is -2.39. The summed E-state index contributed by atoms with van der Waals surface area (Å²) in [6.45, 7) is 4.56. The molecule has 8 nitrogen and oxygen atoms in total. The van der Waals surface area contributed by atoms with E-state index in [1.165, 1.54) is 11.1 Å². The van der Waals surface area contributed by atoms with Crippen molar-refractivity contribution in [2.45, 2.75) is 51.4 Å². The second-order valence-electron chi connectivity index (χ2n) is 7.86. The van der Waals surface area contributed by atoms with Crippen LogP contribution in [-0.2, 0) is 35.5 Å². The van der Waals surface area contributed by atoms with Crippen molar-refractivity contribution in [1.29, 1.82) is 0 Å². The van der Waals surface area contributed by atoms with Gasteiger partial charge in [0.2, 0.25) is 11.8 Å². The Morgan fingerprint density at radius 2 is 2.00 bits per heavy atom. The predicted molar refractivity (Wildman–Crippen MR) is 108 cm³/mol. The van der Waals surface area contributed by atoms with E-state index < -0.39 is 6.04 Å². The highest BCUT2D eigenvalue weighted by Gasteiger charge is 2.38. The van der Waals surface area contributed by atoms with Crippen LogP contribution in [-0.4, -0.2) is 68.6 Å². The van der Waals surface area contributed by atoms with E-state index in [9.17, 15) is 9.59 Å².